The van der Waals surface area contributed by atoms with Crippen molar-refractivity contribution in [1.29, 1.82) is 0 Å². The smallest absolute Gasteiger partial charge is 0.414 e. The van der Waals surface area contributed by atoms with E-state index in [1.807, 2.05) is 42.5 Å². The molecule has 2 aromatic rings. The molecule has 4 rings (SSSR count). The van der Waals surface area contributed by atoms with Gasteiger partial charge in [0, 0.05) is 31.9 Å². The summed E-state index contributed by atoms with van der Waals surface area (Å²) >= 11 is 0. The van der Waals surface area contributed by atoms with Gasteiger partial charge in [-0.05, 0) is 43.7 Å². The minimum Gasteiger partial charge on any atom is -0.495 e. The molecule has 0 radical (unpaired) electrons. The van der Waals surface area contributed by atoms with Crippen molar-refractivity contribution >= 4 is 29.9 Å². The molecule has 1 amide bonds. The molecular weight excluding hydrogens is 418 g/mol. The molecule has 2 aromatic carbocycles. The Balaban J connectivity index is 0.00000171. The first-order valence-corrected chi connectivity index (χ1v) is 10.4. The van der Waals surface area contributed by atoms with Gasteiger partial charge in [0.25, 0.3) is 0 Å². The first-order chi connectivity index (χ1) is 14.2. The molecule has 2 saturated heterocycles. The number of hydrogen-bond donors (Lipinski definition) is 0. The van der Waals surface area contributed by atoms with E-state index >= 15 is 0 Å². The van der Waals surface area contributed by atoms with Gasteiger partial charge in [0.15, 0.2) is 0 Å². The minimum atomic E-state index is -0.230. The predicted molar refractivity (Wildman–Crippen MR) is 126 cm³/mol. The molecule has 1 atom stereocenters. The van der Waals surface area contributed by atoms with Crippen LogP contribution < -0.4 is 14.5 Å². The molecule has 2 heterocycles. The summed E-state index contributed by atoms with van der Waals surface area (Å²) in [4.78, 5) is 18.8. The largest absolute Gasteiger partial charge is 0.495 e. The fraction of sp³-hybridized carbons (Fsp3) is 0.435. The van der Waals surface area contributed by atoms with Crippen molar-refractivity contribution in [1.82, 2.24) is 4.90 Å². The van der Waals surface area contributed by atoms with Crippen LogP contribution in [-0.2, 0) is 4.74 Å². The molecule has 7 nitrogen and oxygen atoms in total. The first kappa shape index (κ1) is 24.8. The molecule has 0 aliphatic carbocycles. The predicted octanol–water partition coefficient (Wildman–Crippen LogP) is 3.22. The number of anilines is 2. The van der Waals surface area contributed by atoms with Crippen LogP contribution in [0.1, 0.15) is 12.8 Å². The van der Waals surface area contributed by atoms with E-state index in [9.17, 15) is 4.79 Å². The Labute approximate surface area is 190 Å². The highest BCUT2D eigenvalue weighted by Crippen LogP contribution is 2.28. The second-order valence-corrected chi connectivity index (χ2v) is 7.59. The molecule has 2 fully saturated rings. The molecule has 0 aromatic heterocycles. The number of nitrogens with zero attached hydrogens (tertiary/aromatic N) is 3. The summed E-state index contributed by atoms with van der Waals surface area (Å²) in [6.45, 7) is 5.77. The number of hydrogen-bond acceptors (Lipinski definition) is 5. The summed E-state index contributed by atoms with van der Waals surface area (Å²) in [6.07, 6.45) is 1.70. The first-order valence-electron chi connectivity index (χ1n) is 10.4. The number of carbonyl (C=O) groups excluding carboxylic acids is 1. The van der Waals surface area contributed by atoms with Crippen LogP contribution in [0.15, 0.2) is 54.6 Å². The Morgan fingerprint density at radius 1 is 1.00 bits per heavy atom. The Hall–Kier alpha value is -2.48. The summed E-state index contributed by atoms with van der Waals surface area (Å²) in [5, 5.41) is 0. The third-order valence-electron chi connectivity index (χ3n) is 5.74. The van der Waals surface area contributed by atoms with E-state index in [0.717, 1.165) is 57.0 Å². The number of cyclic esters (lactones) is 1. The number of ether oxygens (including phenoxy) is 2. The lowest BCUT2D eigenvalue weighted by Gasteiger charge is -2.36. The van der Waals surface area contributed by atoms with Gasteiger partial charge in [-0.2, -0.15) is 0 Å². The monoisotopic (exact) mass is 449 g/mol. The fourth-order valence-corrected chi connectivity index (χ4v) is 4.14. The molecule has 0 spiro atoms. The summed E-state index contributed by atoms with van der Waals surface area (Å²) in [5.74, 6) is 0.937. The Bertz CT molecular complexity index is 815. The van der Waals surface area contributed by atoms with E-state index in [0.29, 0.717) is 6.54 Å². The van der Waals surface area contributed by atoms with E-state index < -0.39 is 0 Å². The van der Waals surface area contributed by atoms with Gasteiger partial charge in [0.2, 0.25) is 0 Å². The number of methoxy groups -OCH3 is 1. The van der Waals surface area contributed by atoms with Crippen molar-refractivity contribution in [2.45, 2.75) is 18.9 Å². The lowest BCUT2D eigenvalue weighted by atomic mass is 10.1. The average molecular weight is 450 g/mol. The maximum absolute atomic E-state index is 12.2. The SMILES string of the molecule is COc1ccccc1N1CCN(CCCC2CN(c3ccccc3)C(=O)O2)CC1.Cl.O. The molecule has 8 heteroatoms. The molecule has 31 heavy (non-hydrogen) atoms. The van der Waals surface area contributed by atoms with Gasteiger partial charge in [-0.3, -0.25) is 9.80 Å². The van der Waals surface area contributed by atoms with Crippen molar-refractivity contribution in [3.8, 4) is 5.75 Å². The van der Waals surface area contributed by atoms with E-state index in [1.165, 1.54) is 5.69 Å². The van der Waals surface area contributed by atoms with Crippen LogP contribution >= 0.6 is 12.4 Å². The topological polar surface area (TPSA) is 76.8 Å². The number of benzene rings is 2. The number of rotatable bonds is 7. The number of carbonyl (C=O) groups is 1. The lowest BCUT2D eigenvalue weighted by molar-refractivity contribution is 0.131. The van der Waals surface area contributed by atoms with Gasteiger partial charge in [0.05, 0.1) is 19.3 Å². The lowest BCUT2D eigenvalue weighted by Crippen LogP contribution is -2.46. The van der Waals surface area contributed by atoms with Gasteiger partial charge in [-0.1, -0.05) is 30.3 Å². The van der Waals surface area contributed by atoms with Crippen LogP contribution in [0, 0.1) is 0 Å². The van der Waals surface area contributed by atoms with Crippen LogP contribution in [0.25, 0.3) is 0 Å². The zero-order valence-electron chi connectivity index (χ0n) is 17.9. The van der Waals surface area contributed by atoms with Gasteiger partial charge in [-0.15, -0.1) is 12.4 Å². The zero-order valence-corrected chi connectivity index (χ0v) is 18.7. The van der Waals surface area contributed by atoms with Crippen LogP contribution in [0.3, 0.4) is 0 Å². The van der Waals surface area contributed by atoms with E-state index in [4.69, 9.17) is 9.47 Å². The maximum Gasteiger partial charge on any atom is 0.414 e. The van der Waals surface area contributed by atoms with Gasteiger partial charge in [0.1, 0.15) is 11.9 Å². The molecule has 0 saturated carbocycles. The van der Waals surface area contributed by atoms with Crippen LogP contribution in [-0.4, -0.2) is 69.0 Å². The standard InChI is InChI=1S/C23H29N3O3.ClH.H2O/c1-28-22-12-6-5-11-21(22)25-16-14-24(15-17-25)13-7-10-20-18-26(23(27)29-20)19-8-3-2-4-9-19;;/h2-6,8-9,11-12,20H,7,10,13-18H2,1H3;1H;1H2. The highest BCUT2D eigenvalue weighted by Gasteiger charge is 2.32. The molecule has 2 N–H and O–H groups in total. The molecule has 0 bridgehead atoms. The third kappa shape index (κ3) is 6.03. The third-order valence-corrected chi connectivity index (χ3v) is 5.74. The maximum atomic E-state index is 12.2. The number of amides is 1. The average Bonchev–Trinajstić information content (AvgIpc) is 3.15. The van der Waals surface area contributed by atoms with Crippen molar-refractivity contribution in [3.05, 3.63) is 54.6 Å². The molecule has 1 unspecified atom stereocenters. The normalized spacial score (nSPS) is 18.7. The van der Waals surface area contributed by atoms with Gasteiger partial charge in [-0.25, -0.2) is 4.79 Å². The molecule has 2 aliphatic heterocycles. The second kappa shape index (κ2) is 11.8. The van der Waals surface area contributed by atoms with Crippen molar-refractivity contribution < 1.29 is 19.7 Å². The summed E-state index contributed by atoms with van der Waals surface area (Å²) < 4.78 is 11.1. The number of piperazine rings is 1. The zero-order chi connectivity index (χ0) is 20.1. The van der Waals surface area contributed by atoms with Gasteiger partial charge >= 0.3 is 6.09 Å². The van der Waals surface area contributed by atoms with E-state index in [2.05, 4.69) is 21.9 Å². The summed E-state index contributed by atoms with van der Waals surface area (Å²) in [7, 11) is 1.73. The van der Waals surface area contributed by atoms with Crippen molar-refractivity contribution in [2.75, 3.05) is 56.2 Å². The Morgan fingerprint density at radius 2 is 1.68 bits per heavy atom. The van der Waals surface area contributed by atoms with Crippen molar-refractivity contribution in [2.24, 2.45) is 0 Å². The van der Waals surface area contributed by atoms with Crippen LogP contribution in [0.4, 0.5) is 16.2 Å². The van der Waals surface area contributed by atoms with E-state index in [1.54, 1.807) is 12.0 Å². The van der Waals surface area contributed by atoms with Crippen LogP contribution in [0.5, 0.6) is 5.75 Å². The quantitative estimate of drug-likeness (QED) is 0.648. The fourth-order valence-electron chi connectivity index (χ4n) is 4.14. The Kier molecular flexibility index (Phi) is 9.43. The molecule has 2 aliphatic rings. The highest BCUT2D eigenvalue weighted by molar-refractivity contribution is 5.89. The summed E-state index contributed by atoms with van der Waals surface area (Å²) in [6, 6.07) is 18.0. The molecule has 170 valence electrons. The van der Waals surface area contributed by atoms with E-state index in [-0.39, 0.29) is 30.1 Å². The highest BCUT2D eigenvalue weighted by atomic mass is 35.5. The van der Waals surface area contributed by atoms with Crippen molar-refractivity contribution in [3.63, 3.8) is 0 Å². The Morgan fingerprint density at radius 3 is 2.39 bits per heavy atom. The number of halogens is 1. The summed E-state index contributed by atoms with van der Waals surface area (Å²) in [5.41, 5.74) is 2.08. The number of para-hydroxylation sites is 3. The molecular formula is C23H32ClN3O4. The minimum absolute atomic E-state index is 0. The van der Waals surface area contributed by atoms with Crippen LogP contribution in [0.2, 0.25) is 0 Å². The second-order valence-electron chi connectivity index (χ2n) is 7.59. The van der Waals surface area contributed by atoms with Gasteiger partial charge < -0.3 is 19.8 Å².